The molecule has 0 atom stereocenters. The molecule has 0 amide bonds. The second kappa shape index (κ2) is 4.28. The largest absolute Gasteiger partial charge is 0.457 e. The van der Waals surface area contributed by atoms with E-state index < -0.39 is 5.97 Å². The van der Waals surface area contributed by atoms with E-state index >= 15 is 0 Å². The highest BCUT2D eigenvalue weighted by atomic mass is 35.5. The van der Waals surface area contributed by atoms with Crippen LogP contribution in [0, 0.1) is 0 Å². The number of hydrogen-bond donors (Lipinski definition) is 0. The third-order valence-corrected chi connectivity index (χ3v) is 2.40. The predicted molar refractivity (Wildman–Crippen MR) is 49.3 cm³/mol. The van der Waals surface area contributed by atoms with E-state index in [4.69, 9.17) is 16.3 Å². The number of ether oxygens (including phenoxy) is 1. The van der Waals surface area contributed by atoms with E-state index in [0.717, 1.165) is 11.0 Å². The molecule has 0 aliphatic rings. The Morgan fingerprint density at radius 3 is 3.08 bits per heavy atom. The molecule has 1 heterocycles. The normalized spacial score (nSPS) is 9.42. The summed E-state index contributed by atoms with van der Waals surface area (Å²) in [5, 5.41) is 2.46. The molecule has 0 aromatic carbocycles. The van der Waals surface area contributed by atoms with Crippen molar-refractivity contribution in [2.24, 2.45) is 0 Å². The molecule has 0 N–H and O–H groups in total. The zero-order valence-electron chi connectivity index (χ0n) is 6.25. The van der Waals surface area contributed by atoms with Crippen LogP contribution in [0.4, 0.5) is 0 Å². The second-order valence-electron chi connectivity index (χ2n) is 2.04. The van der Waals surface area contributed by atoms with Crippen molar-refractivity contribution >= 4 is 28.9 Å². The Morgan fingerprint density at radius 1 is 1.83 bits per heavy atom. The Bertz CT molecular complexity index is 293. The lowest BCUT2D eigenvalue weighted by molar-refractivity contribution is -0.138. The van der Waals surface area contributed by atoms with Gasteiger partial charge in [0, 0.05) is 16.3 Å². The van der Waals surface area contributed by atoms with Gasteiger partial charge in [-0.15, -0.1) is 11.3 Å². The third-order valence-electron chi connectivity index (χ3n) is 1.15. The molecule has 1 rings (SSSR count). The van der Waals surface area contributed by atoms with Gasteiger partial charge in [0.05, 0.1) is 5.02 Å². The van der Waals surface area contributed by atoms with Crippen LogP contribution in [0.25, 0.3) is 0 Å². The highest BCUT2D eigenvalue weighted by molar-refractivity contribution is 7.10. The molecule has 0 saturated carbocycles. The van der Waals surface area contributed by atoms with Crippen molar-refractivity contribution in [2.45, 2.75) is 6.61 Å². The van der Waals surface area contributed by atoms with Gasteiger partial charge in [-0.05, 0) is 6.07 Å². The van der Waals surface area contributed by atoms with Crippen LogP contribution in [-0.2, 0) is 16.1 Å². The van der Waals surface area contributed by atoms with Crippen molar-refractivity contribution < 1.29 is 9.53 Å². The molecular formula is C8H7ClO2S. The van der Waals surface area contributed by atoms with Crippen LogP contribution in [-0.4, -0.2) is 5.97 Å². The number of halogens is 1. The summed E-state index contributed by atoms with van der Waals surface area (Å²) in [6, 6.07) is 1.77. The van der Waals surface area contributed by atoms with Gasteiger partial charge in [-0.1, -0.05) is 18.2 Å². The van der Waals surface area contributed by atoms with E-state index in [1.54, 1.807) is 11.4 Å². The number of carbonyl (C=O) groups is 1. The molecule has 0 radical (unpaired) electrons. The van der Waals surface area contributed by atoms with Gasteiger partial charge in [0.15, 0.2) is 0 Å². The molecule has 4 heteroatoms. The number of esters is 1. The van der Waals surface area contributed by atoms with Crippen molar-refractivity contribution in [3.8, 4) is 0 Å². The molecule has 0 fully saturated rings. The molecule has 64 valence electrons. The highest BCUT2D eigenvalue weighted by Crippen LogP contribution is 2.19. The maximum Gasteiger partial charge on any atom is 0.330 e. The molecule has 0 bridgehead atoms. The first-order valence-corrected chi connectivity index (χ1v) is 4.50. The number of hydrogen-bond acceptors (Lipinski definition) is 3. The van der Waals surface area contributed by atoms with Crippen LogP contribution < -0.4 is 0 Å². The van der Waals surface area contributed by atoms with Crippen LogP contribution >= 0.6 is 22.9 Å². The summed E-state index contributed by atoms with van der Waals surface area (Å²) >= 11 is 7.12. The van der Waals surface area contributed by atoms with E-state index in [9.17, 15) is 4.79 Å². The Morgan fingerprint density at radius 2 is 2.58 bits per heavy atom. The minimum atomic E-state index is -0.417. The monoisotopic (exact) mass is 202 g/mol. The minimum absolute atomic E-state index is 0.266. The topological polar surface area (TPSA) is 26.3 Å². The predicted octanol–water partition coefficient (Wildman–Crippen LogP) is 2.63. The molecule has 2 nitrogen and oxygen atoms in total. The van der Waals surface area contributed by atoms with Gasteiger partial charge in [-0.2, -0.15) is 0 Å². The number of carbonyl (C=O) groups excluding carboxylic acids is 1. The van der Waals surface area contributed by atoms with Crippen LogP contribution in [0.5, 0.6) is 0 Å². The molecule has 0 aliphatic carbocycles. The van der Waals surface area contributed by atoms with Crippen LogP contribution in [0.3, 0.4) is 0 Å². The van der Waals surface area contributed by atoms with Crippen LogP contribution in [0.1, 0.15) is 4.88 Å². The fourth-order valence-electron chi connectivity index (χ4n) is 0.631. The van der Waals surface area contributed by atoms with Gasteiger partial charge in [-0.25, -0.2) is 4.79 Å². The molecule has 0 unspecified atom stereocenters. The summed E-state index contributed by atoms with van der Waals surface area (Å²) in [6.45, 7) is 3.55. The maximum absolute atomic E-state index is 10.6. The summed E-state index contributed by atoms with van der Waals surface area (Å²) in [5.41, 5.74) is 0. The summed E-state index contributed by atoms with van der Waals surface area (Å²) < 4.78 is 4.79. The standard InChI is InChI=1S/C8H7ClO2S/c1-2-8(10)11-4-7-3-6(9)5-12-7/h2-3,5H,1,4H2. The lowest BCUT2D eigenvalue weighted by atomic mass is 10.5. The first-order valence-electron chi connectivity index (χ1n) is 3.24. The minimum Gasteiger partial charge on any atom is -0.457 e. The summed E-state index contributed by atoms with van der Waals surface area (Å²) in [7, 11) is 0. The molecule has 0 saturated heterocycles. The van der Waals surface area contributed by atoms with E-state index in [0.29, 0.717) is 5.02 Å². The summed E-state index contributed by atoms with van der Waals surface area (Å²) in [6.07, 6.45) is 1.13. The van der Waals surface area contributed by atoms with Crippen LogP contribution in [0.15, 0.2) is 24.1 Å². The molecule has 0 spiro atoms. The second-order valence-corrected chi connectivity index (χ2v) is 3.48. The molecule has 1 aromatic heterocycles. The van der Waals surface area contributed by atoms with E-state index in [1.807, 2.05) is 0 Å². The molecule has 0 aliphatic heterocycles. The van der Waals surface area contributed by atoms with E-state index in [-0.39, 0.29) is 6.61 Å². The quantitative estimate of drug-likeness (QED) is 0.557. The smallest absolute Gasteiger partial charge is 0.330 e. The SMILES string of the molecule is C=CC(=O)OCc1cc(Cl)cs1. The van der Waals surface area contributed by atoms with Gasteiger partial charge < -0.3 is 4.74 Å². The molecule has 12 heavy (non-hydrogen) atoms. The first-order chi connectivity index (χ1) is 5.72. The zero-order chi connectivity index (χ0) is 8.97. The van der Waals surface area contributed by atoms with Crippen LogP contribution in [0.2, 0.25) is 5.02 Å². The average molecular weight is 203 g/mol. The van der Waals surface area contributed by atoms with Crippen molar-refractivity contribution in [2.75, 3.05) is 0 Å². The highest BCUT2D eigenvalue weighted by Gasteiger charge is 2.00. The van der Waals surface area contributed by atoms with Gasteiger partial charge >= 0.3 is 5.97 Å². The number of rotatable bonds is 3. The average Bonchev–Trinajstić information content (AvgIpc) is 2.47. The van der Waals surface area contributed by atoms with Crippen molar-refractivity contribution in [1.82, 2.24) is 0 Å². The van der Waals surface area contributed by atoms with Gasteiger partial charge in [-0.3, -0.25) is 0 Å². The summed E-state index contributed by atoms with van der Waals surface area (Å²) in [5.74, 6) is -0.417. The Labute approximate surface area is 79.4 Å². The Hall–Kier alpha value is -0.800. The fraction of sp³-hybridized carbons (Fsp3) is 0.125. The Kier molecular flexibility index (Phi) is 3.31. The summed E-state index contributed by atoms with van der Waals surface area (Å²) in [4.78, 5) is 11.5. The Balaban J connectivity index is 2.43. The first kappa shape index (κ1) is 9.29. The van der Waals surface area contributed by atoms with Gasteiger partial charge in [0.25, 0.3) is 0 Å². The van der Waals surface area contributed by atoms with Crippen molar-refractivity contribution in [3.05, 3.63) is 34.0 Å². The zero-order valence-corrected chi connectivity index (χ0v) is 7.82. The number of thiophene rings is 1. The molecule has 1 aromatic rings. The van der Waals surface area contributed by atoms with E-state index in [2.05, 4.69) is 6.58 Å². The maximum atomic E-state index is 10.6. The fourth-order valence-corrected chi connectivity index (χ4v) is 1.61. The lowest BCUT2D eigenvalue weighted by Crippen LogP contribution is -1.98. The van der Waals surface area contributed by atoms with Gasteiger partial charge in [0.1, 0.15) is 6.61 Å². The van der Waals surface area contributed by atoms with Gasteiger partial charge in [0.2, 0.25) is 0 Å². The van der Waals surface area contributed by atoms with E-state index in [1.165, 1.54) is 11.3 Å². The van der Waals surface area contributed by atoms with Crippen molar-refractivity contribution in [3.63, 3.8) is 0 Å². The third kappa shape index (κ3) is 2.68. The lowest BCUT2D eigenvalue weighted by Gasteiger charge is -1.96. The molecular weight excluding hydrogens is 196 g/mol. The van der Waals surface area contributed by atoms with Crippen molar-refractivity contribution in [1.29, 1.82) is 0 Å².